The molecule has 0 saturated carbocycles. The predicted octanol–water partition coefficient (Wildman–Crippen LogP) is 3.80. The lowest BCUT2D eigenvalue weighted by atomic mass is 10.2. The molecule has 2 aromatic rings. The van der Waals surface area contributed by atoms with Crippen molar-refractivity contribution in [3.05, 3.63) is 46.4 Å². The number of sulfonamides is 1. The normalized spacial score (nSPS) is 12.2. The van der Waals surface area contributed by atoms with Gasteiger partial charge < -0.3 is 14.8 Å². The van der Waals surface area contributed by atoms with Crippen LogP contribution in [0.25, 0.3) is 0 Å². The number of ether oxygens (including phenoxy) is 2. The first kappa shape index (κ1) is 22.1. The van der Waals surface area contributed by atoms with Crippen molar-refractivity contribution in [1.29, 1.82) is 0 Å². The second-order valence-corrected chi connectivity index (χ2v) is 8.59. The van der Waals surface area contributed by atoms with Crippen LogP contribution in [0, 0.1) is 0 Å². The zero-order valence-corrected chi connectivity index (χ0v) is 18.0. The molecule has 0 saturated heterocycles. The molecule has 152 valence electrons. The second kappa shape index (κ2) is 8.89. The van der Waals surface area contributed by atoms with Gasteiger partial charge in [-0.1, -0.05) is 23.2 Å². The molecule has 2 aromatic carbocycles. The smallest absolute Gasteiger partial charge is 0.247 e. The molecule has 0 fully saturated rings. The number of rotatable bonds is 7. The monoisotopic (exact) mass is 446 g/mol. The highest BCUT2D eigenvalue weighted by Crippen LogP contribution is 2.34. The number of nitrogens with one attached hydrogen (secondary N) is 1. The lowest BCUT2D eigenvalue weighted by Crippen LogP contribution is -2.45. The molecule has 0 heterocycles. The van der Waals surface area contributed by atoms with Gasteiger partial charge in [-0.05, 0) is 43.3 Å². The van der Waals surface area contributed by atoms with Crippen molar-refractivity contribution in [3.63, 3.8) is 0 Å². The molecule has 0 spiro atoms. The number of amides is 1. The molecule has 0 aliphatic rings. The number of anilines is 2. The van der Waals surface area contributed by atoms with E-state index in [0.29, 0.717) is 21.5 Å². The summed E-state index contributed by atoms with van der Waals surface area (Å²) in [5.74, 6) is 0.157. The Morgan fingerprint density at radius 3 is 2.21 bits per heavy atom. The Hall–Kier alpha value is -2.16. The van der Waals surface area contributed by atoms with Gasteiger partial charge in [-0.3, -0.25) is 9.10 Å². The van der Waals surface area contributed by atoms with Gasteiger partial charge >= 0.3 is 0 Å². The molecule has 2 rings (SSSR count). The molecule has 10 heteroatoms. The quantitative estimate of drug-likeness (QED) is 0.698. The van der Waals surface area contributed by atoms with Crippen LogP contribution >= 0.6 is 23.2 Å². The number of carbonyl (C=O) groups is 1. The Bertz CT molecular complexity index is 982. The summed E-state index contributed by atoms with van der Waals surface area (Å²) >= 11 is 12.1. The van der Waals surface area contributed by atoms with Crippen molar-refractivity contribution >= 4 is 50.5 Å². The minimum absolute atomic E-state index is 0.160. The maximum absolute atomic E-state index is 12.8. The SMILES string of the molecule is COc1ccc(NC(=O)C(C)N(c2cc(Cl)ccc2OC)S(C)(=O)=O)cc1Cl. The molecular formula is C18H20Cl2N2O5S. The van der Waals surface area contributed by atoms with E-state index in [1.54, 1.807) is 18.2 Å². The molecule has 28 heavy (non-hydrogen) atoms. The van der Waals surface area contributed by atoms with E-state index in [1.165, 1.54) is 39.3 Å². The third-order valence-corrected chi connectivity index (χ3v) is 5.64. The molecule has 1 unspecified atom stereocenters. The summed E-state index contributed by atoms with van der Waals surface area (Å²) in [5, 5.41) is 3.26. The Labute approximate surface area is 174 Å². The fourth-order valence-corrected chi connectivity index (χ4v) is 4.20. The molecule has 0 aliphatic carbocycles. The van der Waals surface area contributed by atoms with Crippen molar-refractivity contribution in [2.75, 3.05) is 30.1 Å². The summed E-state index contributed by atoms with van der Waals surface area (Å²) in [7, 11) is -0.959. The van der Waals surface area contributed by atoms with Crippen molar-refractivity contribution in [2.45, 2.75) is 13.0 Å². The first-order valence-corrected chi connectivity index (χ1v) is 10.7. The van der Waals surface area contributed by atoms with Gasteiger partial charge in [0, 0.05) is 10.7 Å². The maximum Gasteiger partial charge on any atom is 0.247 e. The first-order valence-electron chi connectivity index (χ1n) is 8.05. The van der Waals surface area contributed by atoms with E-state index in [9.17, 15) is 13.2 Å². The summed E-state index contributed by atoms with van der Waals surface area (Å²) in [6.07, 6.45) is 1.00. The highest BCUT2D eigenvalue weighted by atomic mass is 35.5. The molecule has 7 nitrogen and oxygen atoms in total. The van der Waals surface area contributed by atoms with Gasteiger partial charge in [0.1, 0.15) is 17.5 Å². The van der Waals surface area contributed by atoms with Crippen molar-refractivity contribution < 1.29 is 22.7 Å². The Kier molecular flexibility index (Phi) is 7.03. The van der Waals surface area contributed by atoms with Gasteiger partial charge in [0.15, 0.2) is 0 Å². The van der Waals surface area contributed by atoms with Crippen LogP contribution in [-0.4, -0.2) is 40.8 Å². The molecule has 1 atom stereocenters. The van der Waals surface area contributed by atoms with Crippen LogP contribution in [0.4, 0.5) is 11.4 Å². The summed E-state index contributed by atoms with van der Waals surface area (Å²) in [5.41, 5.74) is 0.557. The number of halogens is 2. The Morgan fingerprint density at radius 2 is 1.68 bits per heavy atom. The second-order valence-electron chi connectivity index (χ2n) is 5.89. The lowest BCUT2D eigenvalue weighted by Gasteiger charge is -2.29. The van der Waals surface area contributed by atoms with Crippen molar-refractivity contribution in [1.82, 2.24) is 0 Å². The summed E-state index contributed by atoms with van der Waals surface area (Å²) in [4.78, 5) is 12.8. The highest BCUT2D eigenvalue weighted by Gasteiger charge is 2.31. The third-order valence-electron chi connectivity index (χ3n) is 3.89. The molecular weight excluding hydrogens is 427 g/mol. The number of hydrogen-bond acceptors (Lipinski definition) is 5. The standard InChI is InChI=1S/C18H20Cl2N2O5S/c1-11(18(23)21-13-6-8-16(26-2)14(20)10-13)22(28(4,24)25)15-9-12(19)5-7-17(15)27-3/h5-11H,1-4H3,(H,21,23). The predicted molar refractivity (Wildman–Crippen MR) is 111 cm³/mol. The van der Waals surface area contributed by atoms with Crippen LogP contribution in [0.15, 0.2) is 36.4 Å². The fraction of sp³-hybridized carbons (Fsp3) is 0.278. The first-order chi connectivity index (χ1) is 13.1. The molecule has 0 bridgehead atoms. The minimum atomic E-state index is -3.83. The zero-order chi connectivity index (χ0) is 21.1. The zero-order valence-electron chi connectivity index (χ0n) is 15.7. The van der Waals surface area contributed by atoms with E-state index in [4.69, 9.17) is 32.7 Å². The Balaban J connectivity index is 2.39. The average molecular weight is 447 g/mol. The summed E-state index contributed by atoms with van der Waals surface area (Å²) in [6.45, 7) is 1.46. The van der Waals surface area contributed by atoms with Gasteiger partial charge in [0.25, 0.3) is 0 Å². The third kappa shape index (κ3) is 5.01. The number of benzene rings is 2. The lowest BCUT2D eigenvalue weighted by molar-refractivity contribution is -0.116. The molecule has 1 amide bonds. The topological polar surface area (TPSA) is 84.9 Å². The number of carbonyl (C=O) groups excluding carboxylic acids is 1. The minimum Gasteiger partial charge on any atom is -0.495 e. The molecule has 0 aromatic heterocycles. The molecule has 0 aliphatic heterocycles. The van der Waals surface area contributed by atoms with E-state index in [1.807, 2.05) is 0 Å². The van der Waals surface area contributed by atoms with Gasteiger partial charge in [-0.15, -0.1) is 0 Å². The Morgan fingerprint density at radius 1 is 1.07 bits per heavy atom. The van der Waals surface area contributed by atoms with E-state index in [0.717, 1.165) is 10.6 Å². The maximum atomic E-state index is 12.8. The molecule has 0 radical (unpaired) electrons. The van der Waals surface area contributed by atoms with Crippen LogP contribution in [0.3, 0.4) is 0 Å². The van der Waals surface area contributed by atoms with E-state index < -0.39 is 22.0 Å². The average Bonchev–Trinajstić information content (AvgIpc) is 2.61. The number of hydrogen-bond donors (Lipinski definition) is 1. The van der Waals surface area contributed by atoms with Crippen LogP contribution in [-0.2, 0) is 14.8 Å². The van der Waals surface area contributed by atoms with E-state index >= 15 is 0 Å². The van der Waals surface area contributed by atoms with E-state index in [-0.39, 0.29) is 11.4 Å². The van der Waals surface area contributed by atoms with E-state index in [2.05, 4.69) is 5.32 Å². The van der Waals surface area contributed by atoms with Gasteiger partial charge in [-0.2, -0.15) is 0 Å². The van der Waals surface area contributed by atoms with Crippen LogP contribution in [0.5, 0.6) is 11.5 Å². The van der Waals surface area contributed by atoms with Gasteiger partial charge in [0.2, 0.25) is 15.9 Å². The summed E-state index contributed by atoms with van der Waals surface area (Å²) < 4.78 is 36.2. The highest BCUT2D eigenvalue weighted by molar-refractivity contribution is 7.92. The largest absolute Gasteiger partial charge is 0.495 e. The van der Waals surface area contributed by atoms with Crippen molar-refractivity contribution in [3.8, 4) is 11.5 Å². The van der Waals surface area contributed by atoms with Gasteiger partial charge in [0.05, 0.1) is 31.2 Å². The number of nitrogens with zero attached hydrogens (tertiary/aromatic N) is 1. The summed E-state index contributed by atoms with van der Waals surface area (Å²) in [6, 6.07) is 8.13. The number of methoxy groups -OCH3 is 2. The fourth-order valence-electron chi connectivity index (χ4n) is 2.61. The van der Waals surface area contributed by atoms with Gasteiger partial charge in [-0.25, -0.2) is 8.42 Å². The van der Waals surface area contributed by atoms with Crippen LogP contribution in [0.1, 0.15) is 6.92 Å². The van der Waals surface area contributed by atoms with Crippen LogP contribution in [0.2, 0.25) is 10.0 Å². The van der Waals surface area contributed by atoms with Crippen LogP contribution < -0.4 is 19.1 Å². The molecule has 1 N–H and O–H groups in total. The van der Waals surface area contributed by atoms with Crippen molar-refractivity contribution in [2.24, 2.45) is 0 Å².